The van der Waals surface area contributed by atoms with Gasteiger partial charge in [0, 0.05) is 38.6 Å². The van der Waals surface area contributed by atoms with Crippen LogP contribution >= 0.6 is 0 Å². The lowest BCUT2D eigenvalue weighted by Crippen LogP contribution is -2.39. The van der Waals surface area contributed by atoms with Crippen LogP contribution in [-0.4, -0.2) is 47.1 Å². The molecular formula is C11H17N5O. The summed E-state index contributed by atoms with van der Waals surface area (Å²) < 4.78 is 0. The van der Waals surface area contributed by atoms with Gasteiger partial charge in [0.2, 0.25) is 0 Å². The summed E-state index contributed by atoms with van der Waals surface area (Å²) in [5.41, 5.74) is 0. The molecule has 1 aromatic heterocycles. The van der Waals surface area contributed by atoms with E-state index in [9.17, 15) is 4.79 Å². The second-order valence-corrected chi connectivity index (χ2v) is 3.94. The number of carbonyl (C=O) groups is 1. The molecule has 0 atom stereocenters. The Balaban J connectivity index is 1.61. The molecule has 1 aromatic rings. The zero-order valence-corrected chi connectivity index (χ0v) is 9.72. The molecule has 1 aliphatic rings. The van der Waals surface area contributed by atoms with Crippen LogP contribution in [0, 0.1) is 0 Å². The van der Waals surface area contributed by atoms with Crippen molar-refractivity contribution < 1.29 is 4.79 Å². The predicted molar refractivity (Wildman–Crippen MR) is 64.7 cm³/mol. The summed E-state index contributed by atoms with van der Waals surface area (Å²) >= 11 is 0. The van der Waals surface area contributed by atoms with Crippen molar-refractivity contribution in [3.63, 3.8) is 0 Å². The SMILES string of the molecule is O=C(NCCNc1cnccn1)N1CCCC1. The number of nitrogens with zero attached hydrogens (tertiary/aromatic N) is 3. The average Bonchev–Trinajstić information content (AvgIpc) is 2.89. The third-order valence-corrected chi connectivity index (χ3v) is 2.66. The monoisotopic (exact) mass is 235 g/mol. The minimum Gasteiger partial charge on any atom is -0.367 e. The summed E-state index contributed by atoms with van der Waals surface area (Å²) in [6.07, 6.45) is 7.14. The molecular weight excluding hydrogens is 218 g/mol. The fourth-order valence-corrected chi connectivity index (χ4v) is 1.78. The van der Waals surface area contributed by atoms with Gasteiger partial charge in [-0.1, -0.05) is 0 Å². The van der Waals surface area contributed by atoms with Crippen molar-refractivity contribution in [3.8, 4) is 0 Å². The first-order chi connectivity index (χ1) is 8.36. The molecule has 1 aliphatic heterocycles. The van der Waals surface area contributed by atoms with Crippen molar-refractivity contribution in [2.75, 3.05) is 31.5 Å². The Morgan fingerprint density at radius 3 is 2.82 bits per heavy atom. The number of anilines is 1. The highest BCUT2D eigenvalue weighted by Crippen LogP contribution is 2.06. The van der Waals surface area contributed by atoms with Gasteiger partial charge >= 0.3 is 6.03 Å². The standard InChI is InChI=1S/C11H17N5O/c17-11(16-7-1-2-8-16)15-6-5-14-10-9-12-3-4-13-10/h3-4,9H,1-2,5-8H2,(H,13,14)(H,15,17). The van der Waals surface area contributed by atoms with E-state index in [1.165, 1.54) is 0 Å². The Morgan fingerprint density at radius 2 is 2.12 bits per heavy atom. The van der Waals surface area contributed by atoms with Crippen molar-refractivity contribution in [2.45, 2.75) is 12.8 Å². The Hall–Kier alpha value is -1.85. The molecule has 0 spiro atoms. The van der Waals surface area contributed by atoms with Gasteiger partial charge in [-0.2, -0.15) is 0 Å². The van der Waals surface area contributed by atoms with Gasteiger partial charge in [-0.25, -0.2) is 9.78 Å². The number of aromatic nitrogens is 2. The molecule has 0 saturated carbocycles. The lowest BCUT2D eigenvalue weighted by atomic mass is 10.4. The van der Waals surface area contributed by atoms with Crippen molar-refractivity contribution in [3.05, 3.63) is 18.6 Å². The summed E-state index contributed by atoms with van der Waals surface area (Å²) in [6.45, 7) is 3.00. The van der Waals surface area contributed by atoms with Gasteiger partial charge in [0.15, 0.2) is 0 Å². The number of carbonyl (C=O) groups excluding carboxylic acids is 1. The Bertz CT molecular complexity index is 350. The van der Waals surface area contributed by atoms with E-state index in [2.05, 4.69) is 20.6 Å². The van der Waals surface area contributed by atoms with Crippen LogP contribution in [0.1, 0.15) is 12.8 Å². The molecule has 2 N–H and O–H groups in total. The van der Waals surface area contributed by atoms with E-state index < -0.39 is 0 Å². The second kappa shape index (κ2) is 6.03. The van der Waals surface area contributed by atoms with E-state index in [1.807, 2.05) is 4.90 Å². The van der Waals surface area contributed by atoms with Gasteiger partial charge in [0.05, 0.1) is 6.20 Å². The van der Waals surface area contributed by atoms with Crippen LogP contribution < -0.4 is 10.6 Å². The van der Waals surface area contributed by atoms with Gasteiger partial charge in [-0.15, -0.1) is 0 Å². The number of likely N-dealkylation sites (tertiary alicyclic amines) is 1. The number of hydrogen-bond acceptors (Lipinski definition) is 4. The van der Waals surface area contributed by atoms with Crippen molar-refractivity contribution >= 4 is 11.8 Å². The molecule has 2 rings (SSSR count). The highest BCUT2D eigenvalue weighted by Gasteiger charge is 2.16. The molecule has 2 heterocycles. The molecule has 0 bridgehead atoms. The summed E-state index contributed by atoms with van der Waals surface area (Å²) in [5.74, 6) is 0.725. The maximum Gasteiger partial charge on any atom is 0.317 e. The summed E-state index contributed by atoms with van der Waals surface area (Å²) in [6, 6.07) is 0.0310. The van der Waals surface area contributed by atoms with Crippen LogP contribution in [0.3, 0.4) is 0 Å². The molecule has 17 heavy (non-hydrogen) atoms. The van der Waals surface area contributed by atoms with E-state index in [1.54, 1.807) is 18.6 Å². The molecule has 1 fully saturated rings. The highest BCUT2D eigenvalue weighted by atomic mass is 16.2. The molecule has 0 aliphatic carbocycles. The van der Waals surface area contributed by atoms with Crippen molar-refractivity contribution in [1.82, 2.24) is 20.2 Å². The molecule has 6 heteroatoms. The first-order valence-corrected chi connectivity index (χ1v) is 5.89. The first kappa shape index (κ1) is 11.6. The largest absolute Gasteiger partial charge is 0.367 e. The molecule has 2 amide bonds. The van der Waals surface area contributed by atoms with E-state index in [4.69, 9.17) is 0 Å². The molecule has 0 aromatic carbocycles. The maximum atomic E-state index is 11.6. The Kier molecular flexibility index (Phi) is 4.12. The topological polar surface area (TPSA) is 70.1 Å². The lowest BCUT2D eigenvalue weighted by Gasteiger charge is -2.16. The fraction of sp³-hybridized carbons (Fsp3) is 0.545. The summed E-state index contributed by atoms with van der Waals surface area (Å²) in [4.78, 5) is 21.5. The minimum absolute atomic E-state index is 0.0310. The molecule has 1 saturated heterocycles. The van der Waals surface area contributed by atoms with Crippen LogP contribution in [0.5, 0.6) is 0 Å². The summed E-state index contributed by atoms with van der Waals surface area (Å²) in [5, 5.41) is 5.95. The van der Waals surface area contributed by atoms with Gasteiger partial charge in [0.25, 0.3) is 0 Å². The van der Waals surface area contributed by atoms with Crippen LogP contribution in [0.25, 0.3) is 0 Å². The number of nitrogens with one attached hydrogen (secondary N) is 2. The first-order valence-electron chi connectivity index (χ1n) is 5.89. The Morgan fingerprint density at radius 1 is 1.29 bits per heavy atom. The van der Waals surface area contributed by atoms with Gasteiger partial charge in [-0.3, -0.25) is 4.98 Å². The maximum absolute atomic E-state index is 11.6. The normalized spacial score (nSPS) is 14.7. The smallest absolute Gasteiger partial charge is 0.317 e. The lowest BCUT2D eigenvalue weighted by molar-refractivity contribution is 0.209. The predicted octanol–water partition coefficient (Wildman–Crippen LogP) is 0.694. The third-order valence-electron chi connectivity index (χ3n) is 2.66. The van der Waals surface area contributed by atoms with Crippen molar-refractivity contribution in [1.29, 1.82) is 0 Å². The minimum atomic E-state index is 0.0310. The Labute approximate surface area is 100 Å². The zero-order chi connectivity index (χ0) is 11.9. The number of rotatable bonds is 4. The summed E-state index contributed by atoms with van der Waals surface area (Å²) in [7, 11) is 0. The number of amides is 2. The number of hydrogen-bond donors (Lipinski definition) is 2. The fourth-order valence-electron chi connectivity index (χ4n) is 1.78. The van der Waals surface area contributed by atoms with E-state index >= 15 is 0 Å². The number of urea groups is 1. The highest BCUT2D eigenvalue weighted by molar-refractivity contribution is 5.74. The van der Waals surface area contributed by atoms with Gasteiger partial charge in [-0.05, 0) is 12.8 Å². The van der Waals surface area contributed by atoms with Gasteiger partial charge in [0.1, 0.15) is 5.82 Å². The quantitative estimate of drug-likeness (QED) is 0.753. The molecule has 0 radical (unpaired) electrons. The molecule has 92 valence electrons. The van der Waals surface area contributed by atoms with Crippen molar-refractivity contribution in [2.24, 2.45) is 0 Å². The van der Waals surface area contributed by atoms with E-state index in [0.29, 0.717) is 13.1 Å². The van der Waals surface area contributed by atoms with E-state index in [0.717, 1.165) is 31.7 Å². The van der Waals surface area contributed by atoms with Gasteiger partial charge < -0.3 is 15.5 Å². The third kappa shape index (κ3) is 3.58. The zero-order valence-electron chi connectivity index (χ0n) is 9.72. The van der Waals surface area contributed by atoms with Crippen LogP contribution in [0.4, 0.5) is 10.6 Å². The average molecular weight is 235 g/mol. The van der Waals surface area contributed by atoms with Crippen LogP contribution in [0.15, 0.2) is 18.6 Å². The second-order valence-electron chi connectivity index (χ2n) is 3.94. The van der Waals surface area contributed by atoms with E-state index in [-0.39, 0.29) is 6.03 Å². The molecule has 6 nitrogen and oxygen atoms in total. The van der Waals surface area contributed by atoms with Crippen LogP contribution in [0.2, 0.25) is 0 Å². The van der Waals surface area contributed by atoms with Crippen LogP contribution in [-0.2, 0) is 0 Å². The molecule has 0 unspecified atom stereocenters.